The SMILES string of the molecule is COc1ccc(S(=O)(=O)Nc2ccc(NC(C)(C)C)cc2)c(OC)c1. The van der Waals surface area contributed by atoms with Gasteiger partial charge >= 0.3 is 0 Å². The van der Waals surface area contributed by atoms with Crippen molar-refractivity contribution >= 4 is 21.4 Å². The first kappa shape index (κ1) is 18.9. The number of anilines is 2. The number of ether oxygens (including phenoxy) is 2. The van der Waals surface area contributed by atoms with E-state index in [-0.39, 0.29) is 16.2 Å². The van der Waals surface area contributed by atoms with Crippen molar-refractivity contribution in [3.05, 3.63) is 42.5 Å². The summed E-state index contributed by atoms with van der Waals surface area (Å²) in [5, 5.41) is 3.32. The van der Waals surface area contributed by atoms with Gasteiger partial charge in [-0.15, -0.1) is 0 Å². The summed E-state index contributed by atoms with van der Waals surface area (Å²) in [6.07, 6.45) is 0. The Balaban J connectivity index is 2.24. The van der Waals surface area contributed by atoms with Crippen LogP contribution in [0.2, 0.25) is 0 Å². The smallest absolute Gasteiger partial charge is 0.265 e. The Bertz CT molecular complexity index is 825. The highest BCUT2D eigenvalue weighted by atomic mass is 32.2. The predicted molar refractivity (Wildman–Crippen MR) is 100 cm³/mol. The minimum absolute atomic E-state index is 0.0488. The fourth-order valence-electron chi connectivity index (χ4n) is 2.26. The van der Waals surface area contributed by atoms with Gasteiger partial charge in [0.2, 0.25) is 0 Å². The van der Waals surface area contributed by atoms with Crippen molar-refractivity contribution in [1.29, 1.82) is 0 Å². The molecule has 2 N–H and O–H groups in total. The van der Waals surface area contributed by atoms with Crippen molar-refractivity contribution in [3.8, 4) is 11.5 Å². The molecule has 0 saturated carbocycles. The molecule has 2 rings (SSSR count). The van der Waals surface area contributed by atoms with Gasteiger partial charge in [-0.3, -0.25) is 4.72 Å². The number of hydrogen-bond acceptors (Lipinski definition) is 5. The van der Waals surface area contributed by atoms with Crippen LogP contribution in [0, 0.1) is 0 Å². The van der Waals surface area contributed by atoms with Crippen molar-refractivity contribution in [2.45, 2.75) is 31.2 Å². The molecule has 0 bridgehead atoms. The molecule has 2 aromatic rings. The van der Waals surface area contributed by atoms with Crippen LogP contribution in [0.15, 0.2) is 47.4 Å². The van der Waals surface area contributed by atoms with Crippen LogP contribution in [0.5, 0.6) is 11.5 Å². The number of rotatable bonds is 6. The second-order valence-electron chi connectivity index (χ2n) is 6.57. The Hall–Kier alpha value is -2.41. The average Bonchev–Trinajstić information content (AvgIpc) is 2.54. The number of sulfonamides is 1. The molecular weight excluding hydrogens is 340 g/mol. The lowest BCUT2D eigenvalue weighted by Gasteiger charge is -2.22. The summed E-state index contributed by atoms with van der Waals surface area (Å²) in [7, 11) is -0.854. The van der Waals surface area contributed by atoms with Crippen LogP contribution in [-0.2, 0) is 10.0 Å². The van der Waals surface area contributed by atoms with Crippen molar-refractivity contribution in [3.63, 3.8) is 0 Å². The summed E-state index contributed by atoms with van der Waals surface area (Å²) in [4.78, 5) is 0.0488. The molecule has 0 aromatic heterocycles. The van der Waals surface area contributed by atoms with Gasteiger partial charge in [-0.2, -0.15) is 0 Å². The molecule has 0 spiro atoms. The van der Waals surface area contributed by atoms with E-state index >= 15 is 0 Å². The predicted octanol–water partition coefficient (Wildman–Crippen LogP) is 3.72. The first-order chi connectivity index (χ1) is 11.6. The second kappa shape index (κ2) is 7.23. The molecule has 0 heterocycles. The fraction of sp³-hybridized carbons (Fsp3) is 0.333. The number of nitrogens with one attached hydrogen (secondary N) is 2. The van der Waals surface area contributed by atoms with Crippen LogP contribution in [0.4, 0.5) is 11.4 Å². The van der Waals surface area contributed by atoms with E-state index in [1.165, 1.54) is 26.4 Å². The van der Waals surface area contributed by atoms with Crippen LogP contribution in [0.1, 0.15) is 20.8 Å². The first-order valence-corrected chi connectivity index (χ1v) is 9.26. The summed E-state index contributed by atoms with van der Waals surface area (Å²) in [5.41, 5.74) is 1.31. The molecule has 0 aliphatic carbocycles. The van der Waals surface area contributed by atoms with Crippen molar-refractivity contribution in [2.24, 2.45) is 0 Å². The monoisotopic (exact) mass is 364 g/mol. The Morgan fingerprint density at radius 3 is 2.00 bits per heavy atom. The highest BCUT2D eigenvalue weighted by Gasteiger charge is 2.20. The Morgan fingerprint density at radius 1 is 0.880 bits per heavy atom. The van der Waals surface area contributed by atoms with Gasteiger partial charge in [0.1, 0.15) is 16.4 Å². The third-order valence-electron chi connectivity index (χ3n) is 3.32. The molecule has 0 radical (unpaired) electrons. The lowest BCUT2D eigenvalue weighted by atomic mass is 10.1. The number of benzene rings is 2. The molecule has 7 heteroatoms. The summed E-state index contributed by atoms with van der Waals surface area (Å²) in [6, 6.07) is 11.6. The molecule has 136 valence electrons. The minimum Gasteiger partial charge on any atom is -0.497 e. The van der Waals surface area contributed by atoms with Crippen LogP contribution >= 0.6 is 0 Å². The third-order valence-corrected chi connectivity index (χ3v) is 4.74. The Kier molecular flexibility index (Phi) is 5.47. The standard InChI is InChI=1S/C18H24N2O4S/c1-18(2,3)19-13-6-8-14(9-7-13)20-25(21,22)17-11-10-15(23-4)12-16(17)24-5/h6-12,19-20H,1-5H3. The summed E-state index contributed by atoms with van der Waals surface area (Å²) >= 11 is 0. The molecule has 2 aromatic carbocycles. The fourth-order valence-corrected chi connectivity index (χ4v) is 3.47. The van der Waals surface area contributed by atoms with Gasteiger partial charge in [0.15, 0.2) is 0 Å². The topological polar surface area (TPSA) is 76.7 Å². The zero-order valence-electron chi connectivity index (χ0n) is 15.1. The van der Waals surface area contributed by atoms with Gasteiger partial charge in [0.25, 0.3) is 10.0 Å². The van der Waals surface area contributed by atoms with Gasteiger partial charge in [-0.05, 0) is 57.2 Å². The summed E-state index contributed by atoms with van der Waals surface area (Å²) in [6.45, 7) is 6.17. The molecule has 25 heavy (non-hydrogen) atoms. The lowest BCUT2D eigenvalue weighted by molar-refractivity contribution is 0.386. The lowest BCUT2D eigenvalue weighted by Crippen LogP contribution is -2.25. The largest absolute Gasteiger partial charge is 0.497 e. The third kappa shape index (κ3) is 5.03. The van der Waals surface area contributed by atoms with E-state index in [0.717, 1.165) is 5.69 Å². The van der Waals surface area contributed by atoms with Crippen LogP contribution in [-0.4, -0.2) is 28.2 Å². The van der Waals surface area contributed by atoms with E-state index in [4.69, 9.17) is 9.47 Å². The minimum atomic E-state index is -3.78. The average molecular weight is 364 g/mol. The molecule has 0 aliphatic heterocycles. The van der Waals surface area contributed by atoms with E-state index in [1.54, 1.807) is 18.2 Å². The zero-order valence-corrected chi connectivity index (χ0v) is 15.9. The van der Waals surface area contributed by atoms with Gasteiger partial charge in [-0.25, -0.2) is 8.42 Å². The van der Waals surface area contributed by atoms with Gasteiger partial charge < -0.3 is 14.8 Å². The molecular formula is C18H24N2O4S. The highest BCUT2D eigenvalue weighted by Crippen LogP contribution is 2.30. The Labute approximate surface area is 149 Å². The normalized spacial score (nSPS) is 11.7. The molecule has 0 unspecified atom stereocenters. The van der Waals surface area contributed by atoms with E-state index in [9.17, 15) is 8.42 Å². The van der Waals surface area contributed by atoms with Gasteiger partial charge in [0.05, 0.1) is 14.2 Å². The van der Waals surface area contributed by atoms with E-state index < -0.39 is 10.0 Å². The van der Waals surface area contributed by atoms with Crippen molar-refractivity contribution in [1.82, 2.24) is 0 Å². The van der Waals surface area contributed by atoms with E-state index in [2.05, 4.69) is 30.8 Å². The maximum absolute atomic E-state index is 12.6. The zero-order chi connectivity index (χ0) is 18.7. The van der Waals surface area contributed by atoms with Crippen LogP contribution in [0.25, 0.3) is 0 Å². The van der Waals surface area contributed by atoms with E-state index in [1.807, 2.05) is 12.1 Å². The molecule has 6 nitrogen and oxygen atoms in total. The second-order valence-corrected chi connectivity index (χ2v) is 8.23. The van der Waals surface area contributed by atoms with Crippen molar-refractivity contribution < 1.29 is 17.9 Å². The number of methoxy groups -OCH3 is 2. The van der Waals surface area contributed by atoms with Gasteiger partial charge in [-0.1, -0.05) is 0 Å². The molecule has 0 atom stereocenters. The summed E-state index contributed by atoms with van der Waals surface area (Å²) in [5.74, 6) is 0.742. The highest BCUT2D eigenvalue weighted by molar-refractivity contribution is 7.92. The number of hydrogen-bond donors (Lipinski definition) is 2. The maximum Gasteiger partial charge on any atom is 0.265 e. The molecule has 0 aliphatic rings. The summed E-state index contributed by atoms with van der Waals surface area (Å²) < 4.78 is 38.1. The molecule has 0 amide bonds. The van der Waals surface area contributed by atoms with Crippen LogP contribution < -0.4 is 19.5 Å². The first-order valence-electron chi connectivity index (χ1n) is 7.78. The van der Waals surface area contributed by atoms with Gasteiger partial charge in [0, 0.05) is 23.0 Å². The maximum atomic E-state index is 12.6. The molecule has 0 saturated heterocycles. The van der Waals surface area contributed by atoms with Crippen molar-refractivity contribution in [2.75, 3.05) is 24.3 Å². The molecule has 0 fully saturated rings. The Morgan fingerprint density at radius 2 is 1.48 bits per heavy atom. The van der Waals surface area contributed by atoms with E-state index in [0.29, 0.717) is 11.4 Å². The quantitative estimate of drug-likeness (QED) is 0.817. The van der Waals surface area contributed by atoms with Crippen LogP contribution in [0.3, 0.4) is 0 Å².